The van der Waals surface area contributed by atoms with Crippen LogP contribution in [0.5, 0.6) is 17.2 Å². The highest BCUT2D eigenvalue weighted by Crippen LogP contribution is 2.43. The monoisotopic (exact) mass is 444 g/mol. The molecule has 2 aromatic carbocycles. The van der Waals surface area contributed by atoms with Crippen LogP contribution in [0.15, 0.2) is 45.8 Å². The van der Waals surface area contributed by atoms with E-state index in [0.29, 0.717) is 11.3 Å². The van der Waals surface area contributed by atoms with Gasteiger partial charge in [-0.3, -0.25) is 4.79 Å². The number of aromatic hydroxyl groups is 1. The topological polar surface area (TPSA) is 139 Å². The zero-order valence-corrected chi connectivity index (χ0v) is 17.7. The molecule has 0 radical (unpaired) electrons. The van der Waals surface area contributed by atoms with Crippen LogP contribution in [0.2, 0.25) is 0 Å². The van der Waals surface area contributed by atoms with Gasteiger partial charge in [0.2, 0.25) is 5.43 Å². The molecule has 0 saturated carbocycles. The lowest BCUT2D eigenvalue weighted by Crippen LogP contribution is -2.53. The molecule has 2 heterocycles. The number of aliphatic hydroxyl groups excluding tert-OH is 3. The van der Waals surface area contributed by atoms with Crippen LogP contribution in [0, 0.1) is 0 Å². The number of fused-ring (bicyclic) bond motifs is 1. The van der Waals surface area contributed by atoms with Crippen LogP contribution >= 0.6 is 0 Å². The number of phenolic OH excluding ortho intramolecular Hbond substituents is 1. The zero-order valence-electron chi connectivity index (χ0n) is 17.7. The Labute approximate surface area is 183 Å². The number of hydrogen-bond donors (Lipinski definition) is 4. The van der Waals surface area contributed by atoms with Crippen molar-refractivity contribution in [3.63, 3.8) is 0 Å². The Balaban J connectivity index is 1.93. The average Bonchev–Trinajstić information content (AvgIpc) is 2.80. The first-order valence-corrected chi connectivity index (χ1v) is 9.98. The molecule has 1 aliphatic heterocycles. The summed E-state index contributed by atoms with van der Waals surface area (Å²) >= 11 is 0. The Hall–Kier alpha value is -3.11. The molecule has 0 aliphatic carbocycles. The molecular weight excluding hydrogens is 420 g/mol. The van der Waals surface area contributed by atoms with Crippen LogP contribution in [0.25, 0.3) is 22.1 Å². The molecular formula is C23H24O9. The van der Waals surface area contributed by atoms with Crippen LogP contribution in [0.3, 0.4) is 0 Å². The van der Waals surface area contributed by atoms with E-state index in [2.05, 4.69) is 0 Å². The van der Waals surface area contributed by atoms with Gasteiger partial charge < -0.3 is 39.1 Å². The SMILES string of the molecule is COc1ccc(-c2coc3c([C@@H]4O[C@@H](C)[C@H](O)C(O)C4O)c(OC)cc(O)c3c2=O)cc1. The van der Waals surface area contributed by atoms with Crippen molar-refractivity contribution in [2.45, 2.75) is 37.4 Å². The number of rotatable bonds is 4. The summed E-state index contributed by atoms with van der Waals surface area (Å²) in [5.41, 5.74) is 0.351. The predicted molar refractivity (Wildman–Crippen MR) is 114 cm³/mol. The minimum absolute atomic E-state index is 0.0519. The summed E-state index contributed by atoms with van der Waals surface area (Å²) in [5.74, 6) is 0.339. The molecule has 9 heteroatoms. The van der Waals surface area contributed by atoms with Crippen molar-refractivity contribution in [2.24, 2.45) is 0 Å². The van der Waals surface area contributed by atoms with E-state index in [1.54, 1.807) is 31.2 Å². The van der Waals surface area contributed by atoms with Crippen LogP contribution in [0.1, 0.15) is 18.6 Å². The summed E-state index contributed by atoms with van der Waals surface area (Å²) in [6.07, 6.45) is -5.09. The quantitative estimate of drug-likeness (QED) is 0.474. The fraction of sp³-hybridized carbons (Fsp3) is 0.348. The summed E-state index contributed by atoms with van der Waals surface area (Å²) < 4.78 is 22.0. The Kier molecular flexibility index (Phi) is 5.83. The van der Waals surface area contributed by atoms with Gasteiger partial charge in [0.05, 0.1) is 31.5 Å². The summed E-state index contributed by atoms with van der Waals surface area (Å²) in [6.45, 7) is 1.54. The minimum Gasteiger partial charge on any atom is -0.507 e. The normalized spacial score (nSPS) is 25.6. The van der Waals surface area contributed by atoms with Gasteiger partial charge in [-0.1, -0.05) is 12.1 Å². The summed E-state index contributed by atoms with van der Waals surface area (Å²) in [6, 6.07) is 7.99. The fourth-order valence-corrected chi connectivity index (χ4v) is 3.98. The number of aliphatic hydroxyl groups is 3. The first-order valence-electron chi connectivity index (χ1n) is 9.98. The van der Waals surface area contributed by atoms with E-state index in [0.717, 1.165) is 0 Å². The maximum Gasteiger partial charge on any atom is 0.204 e. The van der Waals surface area contributed by atoms with Crippen molar-refractivity contribution < 1.29 is 39.1 Å². The highest BCUT2D eigenvalue weighted by Gasteiger charge is 2.44. The van der Waals surface area contributed by atoms with Gasteiger partial charge >= 0.3 is 0 Å². The van der Waals surface area contributed by atoms with E-state index >= 15 is 0 Å². The molecule has 0 amide bonds. The van der Waals surface area contributed by atoms with Gasteiger partial charge in [0.25, 0.3) is 0 Å². The van der Waals surface area contributed by atoms with E-state index in [1.807, 2.05) is 0 Å². The van der Waals surface area contributed by atoms with Gasteiger partial charge in [0.15, 0.2) is 5.58 Å². The highest BCUT2D eigenvalue weighted by molar-refractivity contribution is 5.91. The van der Waals surface area contributed by atoms with E-state index in [9.17, 15) is 25.2 Å². The molecule has 4 rings (SSSR count). The highest BCUT2D eigenvalue weighted by atomic mass is 16.5. The lowest BCUT2D eigenvalue weighted by atomic mass is 9.90. The molecule has 0 spiro atoms. The second-order valence-corrected chi connectivity index (χ2v) is 7.66. The van der Waals surface area contributed by atoms with Gasteiger partial charge in [0, 0.05) is 6.07 Å². The molecule has 4 N–H and O–H groups in total. The molecule has 1 fully saturated rings. The molecule has 3 aromatic rings. The van der Waals surface area contributed by atoms with Crippen molar-refractivity contribution in [2.75, 3.05) is 14.2 Å². The largest absolute Gasteiger partial charge is 0.507 e. The lowest BCUT2D eigenvalue weighted by Gasteiger charge is -2.39. The van der Waals surface area contributed by atoms with Crippen LogP contribution in [-0.2, 0) is 4.74 Å². The Morgan fingerprint density at radius 3 is 2.28 bits per heavy atom. The number of phenols is 1. The molecule has 9 nitrogen and oxygen atoms in total. The number of methoxy groups -OCH3 is 2. The van der Waals surface area contributed by atoms with Crippen molar-refractivity contribution >= 4 is 11.0 Å². The number of hydrogen-bond acceptors (Lipinski definition) is 9. The first kappa shape index (κ1) is 22.1. The van der Waals surface area contributed by atoms with Gasteiger partial charge in [-0.05, 0) is 24.6 Å². The van der Waals surface area contributed by atoms with Crippen LogP contribution in [0.4, 0.5) is 0 Å². The standard InChI is InChI=1S/C23H24O9/c1-10-18(25)20(27)21(28)23(32-10)17-15(30-3)8-14(24)16-19(26)13(9-31-22(16)17)11-4-6-12(29-2)7-5-11/h4-10,18,20-21,23-25,27-28H,1-3H3/t10-,18-,20?,21?,23-/m0/s1. The first-order chi connectivity index (χ1) is 15.3. The smallest absolute Gasteiger partial charge is 0.204 e. The average molecular weight is 444 g/mol. The lowest BCUT2D eigenvalue weighted by molar-refractivity contribution is -0.219. The maximum absolute atomic E-state index is 13.3. The molecule has 32 heavy (non-hydrogen) atoms. The van der Waals surface area contributed by atoms with Gasteiger partial charge in [-0.2, -0.15) is 0 Å². The van der Waals surface area contributed by atoms with Crippen molar-refractivity contribution in [3.8, 4) is 28.4 Å². The van der Waals surface area contributed by atoms with Crippen molar-refractivity contribution in [1.82, 2.24) is 0 Å². The third-order valence-electron chi connectivity index (χ3n) is 5.79. The summed E-state index contributed by atoms with van der Waals surface area (Å²) in [7, 11) is 2.88. The third-order valence-corrected chi connectivity index (χ3v) is 5.79. The number of ether oxygens (including phenoxy) is 3. The summed E-state index contributed by atoms with van der Waals surface area (Å²) in [5, 5.41) is 41.3. The van der Waals surface area contributed by atoms with Crippen molar-refractivity contribution in [3.05, 3.63) is 52.4 Å². The van der Waals surface area contributed by atoms with Crippen LogP contribution < -0.4 is 14.9 Å². The molecule has 1 aromatic heterocycles. The Morgan fingerprint density at radius 2 is 1.66 bits per heavy atom. The molecule has 5 atom stereocenters. The molecule has 0 bridgehead atoms. The van der Waals surface area contributed by atoms with E-state index in [-0.39, 0.29) is 33.6 Å². The predicted octanol–water partition coefficient (Wildman–Crippen LogP) is 1.73. The van der Waals surface area contributed by atoms with Gasteiger partial charge in [-0.15, -0.1) is 0 Å². The fourth-order valence-electron chi connectivity index (χ4n) is 3.98. The van der Waals surface area contributed by atoms with E-state index in [1.165, 1.54) is 26.5 Å². The van der Waals surface area contributed by atoms with E-state index < -0.39 is 35.9 Å². The summed E-state index contributed by atoms with van der Waals surface area (Å²) in [4.78, 5) is 13.3. The third kappa shape index (κ3) is 3.49. The second-order valence-electron chi connectivity index (χ2n) is 7.66. The van der Waals surface area contributed by atoms with Crippen LogP contribution in [-0.4, -0.2) is 59.1 Å². The Morgan fingerprint density at radius 1 is 0.969 bits per heavy atom. The zero-order chi connectivity index (χ0) is 23.2. The van der Waals surface area contributed by atoms with E-state index in [4.69, 9.17) is 18.6 Å². The Bertz CT molecular complexity index is 1180. The molecule has 2 unspecified atom stereocenters. The number of benzene rings is 2. The molecule has 170 valence electrons. The van der Waals surface area contributed by atoms with Crippen molar-refractivity contribution in [1.29, 1.82) is 0 Å². The molecule has 1 aliphatic rings. The van der Waals surface area contributed by atoms with Gasteiger partial charge in [0.1, 0.15) is 53.3 Å². The molecule has 1 saturated heterocycles. The van der Waals surface area contributed by atoms with Gasteiger partial charge in [-0.25, -0.2) is 0 Å². The second kappa shape index (κ2) is 8.44. The minimum atomic E-state index is -1.53. The maximum atomic E-state index is 13.3.